The molecule has 12 heteroatoms. The van der Waals surface area contributed by atoms with Gasteiger partial charge in [-0.1, -0.05) is 0 Å². The van der Waals surface area contributed by atoms with Gasteiger partial charge in [-0.3, -0.25) is 0 Å². The molecule has 0 aromatic heterocycles. The fourth-order valence-corrected chi connectivity index (χ4v) is 21.3. The first-order valence-electron chi connectivity index (χ1n) is 16.3. The molecule has 0 aliphatic carbocycles. The van der Waals surface area contributed by atoms with Crippen molar-refractivity contribution in [3.8, 4) is 36.4 Å². The highest BCUT2D eigenvalue weighted by Crippen LogP contribution is 2.76. The van der Waals surface area contributed by atoms with Gasteiger partial charge in [-0.15, -0.1) is 0 Å². The lowest BCUT2D eigenvalue weighted by Gasteiger charge is -2.38. The molecular weight excluding hydrogens is 723 g/mol. The van der Waals surface area contributed by atoms with Crippen molar-refractivity contribution in [3.63, 3.8) is 0 Å². The highest BCUT2D eigenvalue weighted by atomic mass is 31.3. The van der Waals surface area contributed by atoms with E-state index in [1.54, 1.807) is 72.8 Å². The molecule has 0 saturated carbocycles. The molecule has 0 unspecified atom stereocenters. The Morgan fingerprint density at radius 2 is 0.370 bits per heavy atom. The van der Waals surface area contributed by atoms with Gasteiger partial charge in [0.1, 0.15) is 21.6 Å². The summed E-state index contributed by atoms with van der Waals surface area (Å²) in [6.07, 6.45) is 0. The quantitative estimate of drug-likeness (QED) is 0.159. The topological polar surface area (TPSA) is 180 Å². The minimum Gasteiger partial charge on any atom is -0.223 e. The summed E-state index contributed by atoms with van der Waals surface area (Å²) in [4.78, 5) is 0. The molecule has 0 fully saturated rings. The second-order valence-corrected chi connectivity index (χ2v) is 20.9. The zero-order chi connectivity index (χ0) is 37.8. The molecule has 252 valence electrons. The van der Waals surface area contributed by atoms with E-state index in [1.165, 1.54) is 0 Å². The first-order chi connectivity index (χ1) is 26.3. The Hall–Kier alpha value is -7.05. The Balaban J connectivity index is 1.80. The summed E-state index contributed by atoms with van der Waals surface area (Å²) in [7, 11) is -10.1. The fourth-order valence-electron chi connectivity index (χ4n) is 6.15. The Kier molecular flexibility index (Phi) is 9.51. The maximum Gasteiger partial charge on any atom is 0.138 e. The van der Waals surface area contributed by atoms with Crippen LogP contribution in [0, 0.1) is 68.0 Å². The van der Waals surface area contributed by atoms with E-state index < -0.39 is 21.6 Å². The Labute approximate surface area is 312 Å². The number of rotatable bonds is 6. The van der Waals surface area contributed by atoms with Gasteiger partial charge in [0.25, 0.3) is 0 Å². The van der Waals surface area contributed by atoms with Gasteiger partial charge in [0.15, 0.2) is 0 Å². The average molecular weight is 748 g/mol. The van der Waals surface area contributed by atoms with Crippen LogP contribution in [0.2, 0.25) is 0 Å². The van der Waals surface area contributed by atoms with Crippen molar-refractivity contribution in [2.45, 2.75) is 0 Å². The third-order valence-electron chi connectivity index (χ3n) is 8.92. The summed E-state index contributed by atoms with van der Waals surface area (Å²) in [5.74, 6) is 0. The summed E-state index contributed by atoms with van der Waals surface area (Å²) in [6, 6.07) is 56.7. The van der Waals surface area contributed by atoms with Crippen LogP contribution in [0.15, 0.2) is 159 Å². The molecule has 0 saturated heterocycles. The highest BCUT2D eigenvalue weighted by molar-refractivity contribution is 8.00. The van der Waals surface area contributed by atoms with Gasteiger partial charge in [-0.2, -0.15) is 31.6 Å². The van der Waals surface area contributed by atoms with Gasteiger partial charge >= 0.3 is 0 Å². The maximum atomic E-state index is 9.80. The molecule has 1 aliphatic rings. The van der Waals surface area contributed by atoms with Crippen LogP contribution in [0.4, 0.5) is 0 Å². The average Bonchev–Trinajstić information content (AvgIpc) is 3.26. The molecule has 7 rings (SSSR count). The molecule has 1 aliphatic heterocycles. The van der Waals surface area contributed by atoms with Crippen LogP contribution in [-0.2, 0) is 0 Å². The zero-order valence-corrected chi connectivity index (χ0v) is 30.9. The van der Waals surface area contributed by atoms with Crippen molar-refractivity contribution >= 4 is 53.4 Å². The van der Waals surface area contributed by atoms with E-state index in [2.05, 4.69) is 36.4 Å². The van der Waals surface area contributed by atoms with E-state index in [9.17, 15) is 31.6 Å². The third kappa shape index (κ3) is 6.14. The second-order valence-electron chi connectivity index (χ2n) is 12.0. The van der Waals surface area contributed by atoms with Crippen molar-refractivity contribution in [1.82, 2.24) is 0 Å². The van der Waals surface area contributed by atoms with Crippen LogP contribution in [0.5, 0.6) is 0 Å². The maximum absolute atomic E-state index is 9.80. The number of nitriles is 6. The lowest BCUT2D eigenvalue weighted by Crippen LogP contribution is -2.25. The highest BCUT2D eigenvalue weighted by Gasteiger charge is 2.42. The predicted octanol–water partition coefficient (Wildman–Crippen LogP) is 7.53. The van der Waals surface area contributed by atoms with E-state index in [0.717, 1.165) is 31.8 Å². The van der Waals surface area contributed by atoms with Crippen molar-refractivity contribution in [2.24, 2.45) is 13.5 Å². The van der Waals surface area contributed by atoms with Gasteiger partial charge in [0, 0.05) is 31.8 Å². The smallest absolute Gasteiger partial charge is 0.138 e. The van der Waals surface area contributed by atoms with Crippen molar-refractivity contribution in [2.75, 3.05) is 0 Å². The van der Waals surface area contributed by atoms with Crippen molar-refractivity contribution in [3.05, 3.63) is 179 Å². The molecule has 9 nitrogen and oxygen atoms in total. The van der Waals surface area contributed by atoms with E-state index in [4.69, 9.17) is 13.5 Å². The number of benzene rings is 6. The lowest BCUT2D eigenvalue weighted by atomic mass is 10.2. The molecule has 0 N–H and O–H groups in total. The fraction of sp³-hybridized carbons (Fsp3) is 0. The molecule has 0 radical (unpaired) electrons. The lowest BCUT2D eigenvalue weighted by molar-refractivity contribution is 1.48. The van der Waals surface area contributed by atoms with Crippen LogP contribution in [0.25, 0.3) is 0 Å². The standard InChI is InChI=1S/C42H24N9P3/c43-25-31-1-13-37(14-2-31)52(38-15-3-32(26-44)4-16-38)49-53(39-17-5-33(27-45)6-18-39,40-19-7-34(28-46)8-20-40)51-54(50-52,41-21-9-35(29-47)10-22-41)42-23-11-36(30-48)12-24-42/h1-24H. The van der Waals surface area contributed by atoms with Crippen LogP contribution >= 0.6 is 21.6 Å². The Morgan fingerprint density at radius 3 is 0.481 bits per heavy atom. The number of hydrogen-bond donors (Lipinski definition) is 0. The van der Waals surface area contributed by atoms with Gasteiger partial charge in [0.05, 0.1) is 69.8 Å². The predicted molar refractivity (Wildman–Crippen MR) is 213 cm³/mol. The molecule has 0 amide bonds. The molecule has 6 aromatic rings. The second kappa shape index (κ2) is 14.5. The van der Waals surface area contributed by atoms with E-state index in [1.807, 2.05) is 72.8 Å². The molecule has 54 heavy (non-hydrogen) atoms. The van der Waals surface area contributed by atoms with Crippen LogP contribution < -0.4 is 31.8 Å². The SMILES string of the molecule is N#Cc1ccc(P2(c3ccc(C#N)cc3)=NP(c3ccc(C#N)cc3)(c3ccc(C#N)cc3)=NP(c3ccc(C#N)cc3)(c3ccc(C#N)cc3)=N2)cc1. The van der Waals surface area contributed by atoms with Crippen LogP contribution in [-0.4, -0.2) is 0 Å². The minimum atomic E-state index is -3.36. The van der Waals surface area contributed by atoms with Crippen molar-refractivity contribution in [1.29, 1.82) is 31.6 Å². The zero-order valence-electron chi connectivity index (χ0n) is 28.2. The van der Waals surface area contributed by atoms with E-state index >= 15 is 0 Å². The molecule has 0 bridgehead atoms. The van der Waals surface area contributed by atoms with E-state index in [0.29, 0.717) is 33.4 Å². The monoisotopic (exact) mass is 747 g/mol. The van der Waals surface area contributed by atoms with Gasteiger partial charge in [-0.05, 0) is 146 Å². The van der Waals surface area contributed by atoms with E-state index in [-0.39, 0.29) is 0 Å². The third-order valence-corrected chi connectivity index (χ3v) is 21.2. The summed E-state index contributed by atoms with van der Waals surface area (Å²) in [6.45, 7) is 0. The molecule has 0 spiro atoms. The normalized spacial score (nSPS) is 14.3. The van der Waals surface area contributed by atoms with Gasteiger partial charge < -0.3 is 0 Å². The summed E-state index contributed by atoms with van der Waals surface area (Å²) >= 11 is 0. The summed E-state index contributed by atoms with van der Waals surface area (Å²) in [5.41, 5.74) is 2.74. The molecule has 0 atom stereocenters. The van der Waals surface area contributed by atoms with Crippen molar-refractivity contribution < 1.29 is 0 Å². The first-order valence-corrected chi connectivity index (χ1v) is 21.4. The summed E-state index contributed by atoms with van der Waals surface area (Å²) < 4.78 is 17.8. The van der Waals surface area contributed by atoms with Gasteiger partial charge in [-0.25, -0.2) is 13.5 Å². The van der Waals surface area contributed by atoms with Crippen LogP contribution in [0.3, 0.4) is 0 Å². The largest absolute Gasteiger partial charge is 0.223 e. The number of nitrogens with zero attached hydrogens (tertiary/aromatic N) is 9. The Morgan fingerprint density at radius 1 is 0.241 bits per heavy atom. The molecule has 6 aromatic carbocycles. The Bertz CT molecular complexity index is 2350. The first kappa shape index (κ1) is 35.4. The molecular formula is C42H24N9P3. The summed E-state index contributed by atoms with van der Waals surface area (Å²) in [5, 5.41) is 63.3. The molecule has 1 heterocycles. The minimum absolute atomic E-state index is 0.457. The van der Waals surface area contributed by atoms with Crippen LogP contribution in [0.1, 0.15) is 33.4 Å². The number of hydrogen-bond acceptors (Lipinski definition) is 9. The van der Waals surface area contributed by atoms with Gasteiger partial charge in [0.2, 0.25) is 0 Å².